The molecule has 0 aliphatic heterocycles. The van der Waals surface area contributed by atoms with E-state index in [1.807, 2.05) is 31.2 Å². The Hall–Kier alpha value is -1.64. The second-order valence-corrected chi connectivity index (χ2v) is 3.13. The van der Waals surface area contributed by atoms with E-state index in [0.717, 1.165) is 5.56 Å². The molecule has 74 valence electrons. The van der Waals surface area contributed by atoms with Crippen LogP contribution >= 0.6 is 0 Å². The van der Waals surface area contributed by atoms with E-state index >= 15 is 0 Å². The molecule has 0 saturated carbocycles. The summed E-state index contributed by atoms with van der Waals surface area (Å²) in [6, 6.07) is 7.86. The van der Waals surface area contributed by atoms with E-state index in [4.69, 9.17) is 0 Å². The van der Waals surface area contributed by atoms with Crippen molar-refractivity contribution in [3.05, 3.63) is 35.4 Å². The number of carbonyl (C=O) groups excluding carboxylic acids is 1. The van der Waals surface area contributed by atoms with Crippen LogP contribution in [0.3, 0.4) is 0 Å². The SMILES string of the molecule is CC(=O)ON=C(C)c1ccc(C)cc1. The molecule has 1 aromatic rings. The Labute approximate surface area is 83.4 Å². The zero-order chi connectivity index (χ0) is 10.6. The molecule has 3 nitrogen and oxygen atoms in total. The van der Waals surface area contributed by atoms with E-state index in [1.165, 1.54) is 12.5 Å². The van der Waals surface area contributed by atoms with Gasteiger partial charge in [0.1, 0.15) is 0 Å². The molecule has 0 fully saturated rings. The summed E-state index contributed by atoms with van der Waals surface area (Å²) in [5, 5.41) is 3.69. The lowest BCUT2D eigenvalue weighted by Crippen LogP contribution is -1.99. The zero-order valence-electron chi connectivity index (χ0n) is 8.57. The van der Waals surface area contributed by atoms with Crippen molar-refractivity contribution in [3.63, 3.8) is 0 Å². The first-order valence-electron chi connectivity index (χ1n) is 4.39. The molecule has 3 heteroatoms. The van der Waals surface area contributed by atoms with Crippen LogP contribution in [0.1, 0.15) is 25.0 Å². The largest absolute Gasteiger partial charge is 0.331 e. The van der Waals surface area contributed by atoms with Crippen molar-refractivity contribution < 1.29 is 9.63 Å². The Morgan fingerprint density at radius 2 is 1.79 bits per heavy atom. The van der Waals surface area contributed by atoms with Crippen LogP contribution in [0.4, 0.5) is 0 Å². The third kappa shape index (κ3) is 3.01. The number of hydrogen-bond acceptors (Lipinski definition) is 3. The molecule has 0 aliphatic carbocycles. The maximum absolute atomic E-state index is 10.5. The Morgan fingerprint density at radius 3 is 2.29 bits per heavy atom. The molecule has 1 aromatic carbocycles. The summed E-state index contributed by atoms with van der Waals surface area (Å²) in [5.74, 6) is -0.406. The molecule has 0 heterocycles. The Morgan fingerprint density at radius 1 is 1.21 bits per heavy atom. The lowest BCUT2D eigenvalue weighted by atomic mass is 10.1. The van der Waals surface area contributed by atoms with Crippen LogP contribution in [-0.4, -0.2) is 11.7 Å². The van der Waals surface area contributed by atoms with Crippen molar-refractivity contribution in [2.45, 2.75) is 20.8 Å². The molecule has 14 heavy (non-hydrogen) atoms. The van der Waals surface area contributed by atoms with Crippen molar-refractivity contribution in [1.29, 1.82) is 0 Å². The van der Waals surface area contributed by atoms with Crippen molar-refractivity contribution in [3.8, 4) is 0 Å². The molecule has 0 spiro atoms. The fourth-order valence-corrected chi connectivity index (χ4v) is 0.980. The number of nitrogens with zero attached hydrogens (tertiary/aromatic N) is 1. The van der Waals surface area contributed by atoms with E-state index in [-0.39, 0.29) is 0 Å². The predicted octanol–water partition coefficient (Wildman–Crippen LogP) is 2.28. The van der Waals surface area contributed by atoms with Gasteiger partial charge in [-0.05, 0) is 19.4 Å². The standard InChI is InChI=1S/C11H13NO2/c1-8-4-6-11(7-5-8)9(2)12-14-10(3)13/h4-7H,1-3H3. The second kappa shape index (κ2) is 4.56. The monoisotopic (exact) mass is 191 g/mol. The van der Waals surface area contributed by atoms with Gasteiger partial charge in [0.15, 0.2) is 0 Å². The number of hydrogen-bond donors (Lipinski definition) is 0. The molecule has 0 aromatic heterocycles. The Balaban J connectivity index is 2.78. The zero-order valence-corrected chi connectivity index (χ0v) is 8.57. The summed E-state index contributed by atoms with van der Waals surface area (Å²) in [7, 11) is 0. The van der Waals surface area contributed by atoms with E-state index in [1.54, 1.807) is 6.92 Å². The Bertz CT molecular complexity index is 352. The summed E-state index contributed by atoms with van der Waals surface area (Å²) < 4.78 is 0. The van der Waals surface area contributed by atoms with Crippen LogP contribution in [0, 0.1) is 6.92 Å². The molecule has 0 unspecified atom stereocenters. The molecule has 0 radical (unpaired) electrons. The van der Waals surface area contributed by atoms with Crippen LogP contribution in [0.2, 0.25) is 0 Å². The van der Waals surface area contributed by atoms with Gasteiger partial charge >= 0.3 is 5.97 Å². The molecular weight excluding hydrogens is 178 g/mol. The topological polar surface area (TPSA) is 38.7 Å². The molecule has 0 saturated heterocycles. The van der Waals surface area contributed by atoms with Crippen molar-refractivity contribution in [2.75, 3.05) is 0 Å². The average Bonchev–Trinajstić information content (AvgIpc) is 2.15. The maximum Gasteiger partial charge on any atom is 0.331 e. The normalized spacial score (nSPS) is 11.2. The van der Waals surface area contributed by atoms with E-state index < -0.39 is 5.97 Å². The molecular formula is C11H13NO2. The van der Waals surface area contributed by atoms with Gasteiger partial charge < -0.3 is 4.84 Å². The second-order valence-electron chi connectivity index (χ2n) is 3.13. The van der Waals surface area contributed by atoms with Crippen molar-refractivity contribution >= 4 is 11.7 Å². The van der Waals surface area contributed by atoms with Crippen LogP contribution in [0.15, 0.2) is 29.4 Å². The lowest BCUT2D eigenvalue weighted by Gasteiger charge is -1.99. The van der Waals surface area contributed by atoms with Gasteiger partial charge in [-0.2, -0.15) is 0 Å². The number of rotatable bonds is 2. The third-order valence-electron chi connectivity index (χ3n) is 1.78. The lowest BCUT2D eigenvalue weighted by molar-refractivity contribution is -0.140. The van der Waals surface area contributed by atoms with E-state index in [9.17, 15) is 4.79 Å². The molecule has 0 aliphatic rings. The fraction of sp³-hybridized carbons (Fsp3) is 0.273. The van der Waals surface area contributed by atoms with Gasteiger partial charge in [-0.15, -0.1) is 0 Å². The van der Waals surface area contributed by atoms with Crippen LogP contribution in [0.5, 0.6) is 0 Å². The first kappa shape index (κ1) is 10.4. The maximum atomic E-state index is 10.5. The molecule has 0 atom stereocenters. The number of oxime groups is 1. The third-order valence-corrected chi connectivity index (χ3v) is 1.78. The number of benzene rings is 1. The smallest absolute Gasteiger partial charge is 0.318 e. The van der Waals surface area contributed by atoms with Gasteiger partial charge in [-0.1, -0.05) is 35.0 Å². The quantitative estimate of drug-likeness (QED) is 0.408. The number of aryl methyl sites for hydroxylation is 1. The van der Waals surface area contributed by atoms with Crippen LogP contribution in [0.25, 0.3) is 0 Å². The predicted molar refractivity (Wildman–Crippen MR) is 55.2 cm³/mol. The minimum Gasteiger partial charge on any atom is -0.318 e. The highest BCUT2D eigenvalue weighted by atomic mass is 16.7. The number of carbonyl (C=O) groups is 1. The van der Waals surface area contributed by atoms with Crippen molar-refractivity contribution in [2.24, 2.45) is 5.16 Å². The van der Waals surface area contributed by atoms with Crippen LogP contribution < -0.4 is 0 Å². The van der Waals surface area contributed by atoms with Gasteiger partial charge in [0.25, 0.3) is 0 Å². The molecule has 0 N–H and O–H groups in total. The van der Waals surface area contributed by atoms with E-state index in [2.05, 4.69) is 9.99 Å². The summed E-state index contributed by atoms with van der Waals surface area (Å²) in [4.78, 5) is 15.0. The van der Waals surface area contributed by atoms with Crippen LogP contribution in [-0.2, 0) is 9.63 Å². The summed E-state index contributed by atoms with van der Waals surface area (Å²) in [6.45, 7) is 5.14. The fourth-order valence-electron chi connectivity index (χ4n) is 0.980. The Kier molecular flexibility index (Phi) is 3.40. The van der Waals surface area contributed by atoms with Gasteiger partial charge in [0.2, 0.25) is 0 Å². The van der Waals surface area contributed by atoms with Gasteiger partial charge in [-0.25, -0.2) is 4.79 Å². The highest BCUT2D eigenvalue weighted by molar-refractivity contribution is 5.98. The first-order valence-corrected chi connectivity index (χ1v) is 4.39. The first-order chi connectivity index (χ1) is 6.59. The minimum atomic E-state index is -0.406. The molecule has 0 bridgehead atoms. The van der Waals surface area contributed by atoms with E-state index in [0.29, 0.717) is 5.71 Å². The summed E-state index contributed by atoms with van der Waals surface area (Å²) in [5.41, 5.74) is 2.84. The van der Waals surface area contributed by atoms with Crippen molar-refractivity contribution in [1.82, 2.24) is 0 Å². The van der Waals surface area contributed by atoms with Gasteiger partial charge in [-0.3, -0.25) is 0 Å². The minimum absolute atomic E-state index is 0.406. The summed E-state index contributed by atoms with van der Waals surface area (Å²) in [6.07, 6.45) is 0. The highest BCUT2D eigenvalue weighted by Gasteiger charge is 1.98. The molecule has 0 amide bonds. The molecule has 1 rings (SSSR count). The highest BCUT2D eigenvalue weighted by Crippen LogP contribution is 2.04. The summed E-state index contributed by atoms with van der Waals surface area (Å²) >= 11 is 0. The van der Waals surface area contributed by atoms with Gasteiger partial charge in [0.05, 0.1) is 5.71 Å². The average molecular weight is 191 g/mol. The van der Waals surface area contributed by atoms with Gasteiger partial charge in [0, 0.05) is 6.92 Å².